The second kappa shape index (κ2) is 5.36. The van der Waals surface area contributed by atoms with Gasteiger partial charge in [0, 0.05) is 37.2 Å². The van der Waals surface area contributed by atoms with Crippen LogP contribution in [-0.4, -0.2) is 43.9 Å². The lowest BCUT2D eigenvalue weighted by molar-refractivity contribution is -0.216. The van der Waals surface area contributed by atoms with E-state index < -0.39 is 5.72 Å². The zero-order chi connectivity index (χ0) is 16.1. The topological polar surface area (TPSA) is 55.3 Å². The zero-order valence-electron chi connectivity index (χ0n) is 13.3. The van der Waals surface area contributed by atoms with E-state index in [1.54, 1.807) is 12.1 Å². The van der Waals surface area contributed by atoms with Crippen LogP contribution >= 0.6 is 15.9 Å². The van der Waals surface area contributed by atoms with Crippen LogP contribution in [0.3, 0.4) is 0 Å². The minimum Gasteiger partial charge on any atom is -0.484 e. The summed E-state index contributed by atoms with van der Waals surface area (Å²) >= 11 is 3.55. The normalized spacial score (nSPS) is 34.6. The number of nitrogens with zero attached hydrogens (tertiary/aromatic N) is 2. The van der Waals surface area contributed by atoms with Crippen molar-refractivity contribution in [1.29, 1.82) is 0 Å². The number of hydroxylamine groups is 2. The van der Waals surface area contributed by atoms with Crippen molar-refractivity contribution < 1.29 is 14.3 Å². The molecule has 7 heteroatoms. The molecule has 6 nitrogen and oxygen atoms in total. The number of halogens is 1. The third-order valence-electron chi connectivity index (χ3n) is 4.68. The van der Waals surface area contributed by atoms with Gasteiger partial charge in [-0.2, -0.15) is 0 Å². The van der Waals surface area contributed by atoms with Gasteiger partial charge in [-0.3, -0.25) is 4.99 Å². The summed E-state index contributed by atoms with van der Waals surface area (Å²) in [5.41, 5.74) is -0.0637. The summed E-state index contributed by atoms with van der Waals surface area (Å²) in [5.74, 6) is 1.55. The Kier molecular flexibility index (Phi) is 3.55. The van der Waals surface area contributed by atoms with E-state index in [1.165, 1.54) is 0 Å². The van der Waals surface area contributed by atoms with Gasteiger partial charge in [0.25, 0.3) is 0 Å². The molecule has 0 bridgehead atoms. The maximum Gasteiger partial charge on any atom is 0.220 e. The van der Waals surface area contributed by atoms with E-state index in [9.17, 15) is 0 Å². The lowest BCUT2D eigenvalue weighted by Crippen LogP contribution is -2.56. The highest BCUT2D eigenvalue weighted by Crippen LogP contribution is 2.49. The quantitative estimate of drug-likeness (QED) is 0.747. The first-order valence-corrected chi connectivity index (χ1v) is 8.60. The maximum absolute atomic E-state index is 6.38. The lowest BCUT2D eigenvalue weighted by Gasteiger charge is -2.47. The van der Waals surface area contributed by atoms with Crippen LogP contribution in [0.1, 0.15) is 24.8 Å². The summed E-state index contributed by atoms with van der Waals surface area (Å²) in [6.45, 7) is 1.37. The summed E-state index contributed by atoms with van der Waals surface area (Å²) in [4.78, 5) is 10.5. The predicted octanol–water partition coefficient (Wildman–Crippen LogP) is 2.39. The first-order chi connectivity index (χ1) is 11.1. The van der Waals surface area contributed by atoms with Gasteiger partial charge in [0.15, 0.2) is 0 Å². The molecule has 3 heterocycles. The Morgan fingerprint density at radius 2 is 2.26 bits per heavy atom. The summed E-state index contributed by atoms with van der Waals surface area (Å²) in [5, 5.41) is 5.15. The summed E-state index contributed by atoms with van der Waals surface area (Å²) in [6.07, 6.45) is 2.62. The van der Waals surface area contributed by atoms with Crippen LogP contribution in [-0.2, 0) is 15.3 Å². The van der Waals surface area contributed by atoms with E-state index in [1.807, 2.05) is 25.2 Å². The van der Waals surface area contributed by atoms with Crippen molar-refractivity contribution in [2.45, 2.75) is 30.6 Å². The lowest BCUT2D eigenvalue weighted by atomic mass is 9.81. The first kappa shape index (κ1) is 15.2. The highest BCUT2D eigenvalue weighted by Gasteiger charge is 2.56. The van der Waals surface area contributed by atoms with Crippen molar-refractivity contribution in [3.8, 4) is 5.75 Å². The Hall–Kier alpha value is -1.31. The Labute approximate surface area is 143 Å². The molecule has 2 fully saturated rings. The number of guanidine groups is 1. The monoisotopic (exact) mass is 381 g/mol. The molecule has 0 aromatic heterocycles. The van der Waals surface area contributed by atoms with Gasteiger partial charge in [-0.05, 0) is 31.0 Å². The van der Waals surface area contributed by atoms with Crippen LogP contribution in [0.15, 0.2) is 27.7 Å². The third kappa shape index (κ3) is 2.42. The van der Waals surface area contributed by atoms with Crippen molar-refractivity contribution in [2.24, 2.45) is 4.99 Å². The average molecular weight is 382 g/mol. The summed E-state index contributed by atoms with van der Waals surface area (Å²) < 4.78 is 13.1. The van der Waals surface area contributed by atoms with Gasteiger partial charge in [0.1, 0.15) is 11.4 Å². The fraction of sp³-hybridized carbons (Fsp3) is 0.562. The van der Waals surface area contributed by atoms with E-state index in [-0.39, 0.29) is 5.60 Å². The second-order valence-corrected chi connectivity index (χ2v) is 7.26. The molecule has 1 aromatic carbocycles. The highest BCUT2D eigenvalue weighted by molar-refractivity contribution is 9.10. The van der Waals surface area contributed by atoms with Crippen LogP contribution in [0, 0.1) is 0 Å². The molecule has 2 atom stereocenters. The van der Waals surface area contributed by atoms with Crippen LogP contribution in [0.2, 0.25) is 0 Å². The Morgan fingerprint density at radius 1 is 1.39 bits per heavy atom. The molecular formula is C16H20BrN3O3. The molecule has 124 valence electrons. The molecule has 0 aliphatic carbocycles. The molecular weight excluding hydrogens is 362 g/mol. The standard InChI is InChI=1S/C16H20BrN3O3/c1-18-14-19-16(23-20(14)2)9-15(6-3-7-21-10-15)22-13-5-4-11(17)8-12(13)16/h4-5,8H,3,6-7,9-10H2,1-2H3,(H,18,19). The SMILES string of the molecule is CN=C1NC2(CC3(CCCOC3)Oc3ccc(Br)cc32)ON1C. The minimum absolute atomic E-state index is 0.365. The third-order valence-corrected chi connectivity index (χ3v) is 5.17. The summed E-state index contributed by atoms with van der Waals surface area (Å²) in [6, 6.07) is 6.02. The molecule has 4 rings (SSSR count). The van der Waals surface area contributed by atoms with E-state index in [4.69, 9.17) is 14.3 Å². The van der Waals surface area contributed by atoms with Crippen molar-refractivity contribution in [3.05, 3.63) is 28.2 Å². The van der Waals surface area contributed by atoms with Gasteiger partial charge in [-0.25, -0.2) is 9.90 Å². The van der Waals surface area contributed by atoms with Crippen LogP contribution in [0.4, 0.5) is 0 Å². The molecule has 3 aliphatic heterocycles. The van der Waals surface area contributed by atoms with Crippen LogP contribution in [0.25, 0.3) is 0 Å². The largest absolute Gasteiger partial charge is 0.484 e. The van der Waals surface area contributed by atoms with E-state index in [0.29, 0.717) is 19.0 Å². The smallest absolute Gasteiger partial charge is 0.220 e. The number of nitrogens with one attached hydrogen (secondary N) is 1. The number of fused-ring (bicyclic) bond motifs is 2. The van der Waals surface area contributed by atoms with Crippen molar-refractivity contribution >= 4 is 21.9 Å². The molecule has 0 saturated carbocycles. The minimum atomic E-state index is -0.679. The maximum atomic E-state index is 6.38. The molecule has 2 unspecified atom stereocenters. The van der Waals surface area contributed by atoms with Gasteiger partial charge in [-0.15, -0.1) is 0 Å². The van der Waals surface area contributed by atoms with Gasteiger partial charge < -0.3 is 14.8 Å². The highest BCUT2D eigenvalue weighted by atomic mass is 79.9. The van der Waals surface area contributed by atoms with Gasteiger partial charge in [-0.1, -0.05) is 15.9 Å². The van der Waals surface area contributed by atoms with Gasteiger partial charge in [0.2, 0.25) is 11.7 Å². The number of ether oxygens (including phenoxy) is 2. The van der Waals surface area contributed by atoms with Gasteiger partial charge >= 0.3 is 0 Å². The summed E-state index contributed by atoms with van der Waals surface area (Å²) in [7, 11) is 3.61. The fourth-order valence-corrected chi connectivity index (χ4v) is 4.08. The molecule has 1 N–H and O–H groups in total. The number of rotatable bonds is 0. The van der Waals surface area contributed by atoms with Crippen LogP contribution < -0.4 is 10.1 Å². The molecule has 3 aliphatic rings. The number of aliphatic imine (C=N–C) groups is 1. The molecule has 0 radical (unpaired) electrons. The fourth-order valence-electron chi connectivity index (χ4n) is 3.72. The Bertz CT molecular complexity index is 660. The van der Waals surface area contributed by atoms with Crippen molar-refractivity contribution in [3.63, 3.8) is 0 Å². The Balaban J connectivity index is 1.82. The van der Waals surface area contributed by atoms with Gasteiger partial charge in [0.05, 0.1) is 6.61 Å². The van der Waals surface area contributed by atoms with E-state index >= 15 is 0 Å². The van der Waals surface area contributed by atoms with E-state index in [0.717, 1.165) is 35.2 Å². The molecule has 2 spiro atoms. The number of hydrogen-bond donors (Lipinski definition) is 1. The van der Waals surface area contributed by atoms with Crippen molar-refractivity contribution in [1.82, 2.24) is 10.4 Å². The Morgan fingerprint density at radius 3 is 2.96 bits per heavy atom. The van der Waals surface area contributed by atoms with Crippen LogP contribution in [0.5, 0.6) is 5.75 Å². The molecule has 23 heavy (non-hydrogen) atoms. The average Bonchev–Trinajstić information content (AvgIpc) is 2.85. The second-order valence-electron chi connectivity index (χ2n) is 6.35. The van der Waals surface area contributed by atoms with Crippen molar-refractivity contribution in [2.75, 3.05) is 27.3 Å². The molecule has 1 aromatic rings. The zero-order valence-corrected chi connectivity index (χ0v) is 14.9. The van der Waals surface area contributed by atoms with E-state index in [2.05, 4.69) is 26.2 Å². The molecule has 0 amide bonds. The predicted molar refractivity (Wildman–Crippen MR) is 89.2 cm³/mol. The molecule has 2 saturated heterocycles. The number of hydrogen-bond acceptors (Lipinski definition) is 4. The number of benzene rings is 1. The first-order valence-electron chi connectivity index (χ1n) is 7.81.